The number of furan rings is 1. The third-order valence-electron chi connectivity index (χ3n) is 2.33. The van der Waals surface area contributed by atoms with Crippen LogP contribution in [0.2, 0.25) is 0 Å². The molecule has 3 aromatic rings. The number of hydrogen-bond donors (Lipinski definition) is 0. The molecule has 3 rings (SSSR count). The quantitative estimate of drug-likeness (QED) is 0.698. The first kappa shape index (κ1) is 10.7. The monoisotopic (exact) mass is 310 g/mol. The number of rotatable bonds is 3. The van der Waals surface area contributed by atoms with E-state index < -0.39 is 0 Å². The van der Waals surface area contributed by atoms with E-state index in [-0.39, 0.29) is 12.2 Å². The number of aromatic nitrogens is 2. The molecule has 0 aliphatic rings. The van der Waals surface area contributed by atoms with Gasteiger partial charge in [0.15, 0.2) is 15.4 Å². The van der Waals surface area contributed by atoms with Crippen LogP contribution in [0.1, 0.15) is 16.2 Å². The van der Waals surface area contributed by atoms with Crippen LogP contribution in [0.25, 0.3) is 4.96 Å². The summed E-state index contributed by atoms with van der Waals surface area (Å²) in [6, 6.07) is 3.36. The van der Waals surface area contributed by atoms with E-state index in [1.807, 2.05) is 22.2 Å². The second kappa shape index (κ2) is 4.12. The molecule has 3 aromatic heterocycles. The summed E-state index contributed by atoms with van der Waals surface area (Å²) in [7, 11) is 0. The molecular formula is C11H7BrN2O2S. The first-order valence-corrected chi connectivity index (χ1v) is 6.59. The van der Waals surface area contributed by atoms with Gasteiger partial charge in [0.2, 0.25) is 5.78 Å². The zero-order chi connectivity index (χ0) is 11.8. The maximum absolute atomic E-state index is 11.9. The second-order valence-electron chi connectivity index (χ2n) is 3.53. The van der Waals surface area contributed by atoms with Crippen LogP contribution >= 0.6 is 27.3 Å². The molecule has 0 fully saturated rings. The van der Waals surface area contributed by atoms with Crippen LogP contribution in [-0.4, -0.2) is 15.2 Å². The van der Waals surface area contributed by atoms with Gasteiger partial charge in [-0.1, -0.05) is 0 Å². The predicted octanol–water partition coefficient (Wildman–Crippen LogP) is 3.18. The minimum Gasteiger partial charge on any atom is -0.446 e. The molecule has 0 spiro atoms. The minimum atomic E-state index is -0.0681. The lowest BCUT2D eigenvalue weighted by Gasteiger charge is -1.92. The van der Waals surface area contributed by atoms with E-state index >= 15 is 0 Å². The summed E-state index contributed by atoms with van der Waals surface area (Å²) in [6.45, 7) is 0. The van der Waals surface area contributed by atoms with Crippen molar-refractivity contribution in [3.8, 4) is 0 Å². The Balaban J connectivity index is 1.83. The molecule has 0 aromatic carbocycles. The molecule has 0 atom stereocenters. The molecule has 0 saturated heterocycles. The van der Waals surface area contributed by atoms with E-state index in [0.29, 0.717) is 10.4 Å². The van der Waals surface area contributed by atoms with Crippen LogP contribution in [0.15, 0.2) is 39.0 Å². The summed E-state index contributed by atoms with van der Waals surface area (Å²) in [5.74, 6) is 0.287. The van der Waals surface area contributed by atoms with Crippen molar-refractivity contribution in [2.45, 2.75) is 6.42 Å². The lowest BCUT2D eigenvalue weighted by atomic mass is 10.2. The number of carbonyl (C=O) groups is 1. The van der Waals surface area contributed by atoms with E-state index in [2.05, 4.69) is 20.9 Å². The number of carbonyl (C=O) groups excluding carboxylic acids is 1. The third-order valence-corrected chi connectivity index (χ3v) is 3.53. The van der Waals surface area contributed by atoms with Gasteiger partial charge in [0.1, 0.15) is 0 Å². The van der Waals surface area contributed by atoms with Gasteiger partial charge in [-0.3, -0.25) is 9.20 Å². The molecular weight excluding hydrogens is 304 g/mol. The fraction of sp³-hybridized carbons (Fsp3) is 0.0909. The fourth-order valence-corrected chi connectivity index (χ4v) is 2.60. The van der Waals surface area contributed by atoms with Gasteiger partial charge in [-0.05, 0) is 28.1 Å². The molecule has 0 unspecified atom stereocenters. The van der Waals surface area contributed by atoms with Crippen molar-refractivity contribution in [1.29, 1.82) is 0 Å². The summed E-state index contributed by atoms with van der Waals surface area (Å²) >= 11 is 4.72. The van der Waals surface area contributed by atoms with Gasteiger partial charge in [0, 0.05) is 17.8 Å². The maximum atomic E-state index is 11.9. The van der Waals surface area contributed by atoms with Crippen molar-refractivity contribution in [3.05, 3.63) is 46.0 Å². The van der Waals surface area contributed by atoms with E-state index in [9.17, 15) is 4.79 Å². The molecule has 0 aliphatic carbocycles. The molecule has 86 valence electrons. The van der Waals surface area contributed by atoms with Crippen molar-refractivity contribution in [2.24, 2.45) is 0 Å². The van der Waals surface area contributed by atoms with Gasteiger partial charge in [0.25, 0.3) is 0 Å². The Labute approximate surface area is 109 Å². The standard InChI is InChI=1S/C11H7BrN2O2S/c12-10-2-1-9(16-10)8(15)5-7-6-14-3-4-17-11(14)13-7/h1-4,6H,5H2. The van der Waals surface area contributed by atoms with Crippen molar-refractivity contribution in [1.82, 2.24) is 9.38 Å². The topological polar surface area (TPSA) is 47.5 Å². The Morgan fingerprint density at radius 1 is 1.53 bits per heavy atom. The van der Waals surface area contributed by atoms with Crippen LogP contribution in [0, 0.1) is 0 Å². The molecule has 0 aliphatic heterocycles. The lowest BCUT2D eigenvalue weighted by molar-refractivity contribution is 0.0964. The van der Waals surface area contributed by atoms with Crippen LogP contribution < -0.4 is 0 Å². The van der Waals surface area contributed by atoms with Gasteiger partial charge in [-0.15, -0.1) is 11.3 Å². The molecule has 0 amide bonds. The number of Topliss-reactive ketones (excluding diaryl/α,β-unsaturated/α-hetero) is 1. The molecule has 0 N–H and O–H groups in total. The highest BCUT2D eigenvalue weighted by atomic mass is 79.9. The number of ketones is 1. The highest BCUT2D eigenvalue weighted by Crippen LogP contribution is 2.17. The first-order valence-electron chi connectivity index (χ1n) is 4.92. The maximum Gasteiger partial charge on any atom is 0.204 e. The van der Waals surface area contributed by atoms with Gasteiger partial charge in [0.05, 0.1) is 12.1 Å². The smallest absolute Gasteiger partial charge is 0.204 e. The molecule has 6 heteroatoms. The predicted molar refractivity (Wildman–Crippen MR) is 67.5 cm³/mol. The minimum absolute atomic E-state index is 0.0681. The van der Waals surface area contributed by atoms with Crippen molar-refractivity contribution in [3.63, 3.8) is 0 Å². The SMILES string of the molecule is O=C(Cc1cn2ccsc2n1)c1ccc(Br)o1. The fourth-order valence-electron chi connectivity index (χ4n) is 1.58. The summed E-state index contributed by atoms with van der Waals surface area (Å²) < 4.78 is 7.68. The number of fused-ring (bicyclic) bond motifs is 1. The summed E-state index contributed by atoms with van der Waals surface area (Å²) in [6.07, 6.45) is 4.04. The Bertz CT molecular complexity index is 654. The van der Waals surface area contributed by atoms with Crippen molar-refractivity contribution in [2.75, 3.05) is 0 Å². The molecule has 3 heterocycles. The second-order valence-corrected chi connectivity index (χ2v) is 5.18. The largest absolute Gasteiger partial charge is 0.446 e. The number of imidazole rings is 1. The van der Waals surface area contributed by atoms with Crippen LogP contribution in [0.3, 0.4) is 0 Å². The number of nitrogens with zero attached hydrogens (tertiary/aromatic N) is 2. The Morgan fingerprint density at radius 2 is 2.41 bits per heavy atom. The molecule has 17 heavy (non-hydrogen) atoms. The first-order chi connectivity index (χ1) is 8.22. The number of halogens is 1. The van der Waals surface area contributed by atoms with E-state index in [4.69, 9.17) is 4.42 Å². The summed E-state index contributed by atoms with van der Waals surface area (Å²) in [4.78, 5) is 17.1. The van der Waals surface area contributed by atoms with Crippen molar-refractivity contribution < 1.29 is 9.21 Å². The van der Waals surface area contributed by atoms with Crippen LogP contribution in [0.4, 0.5) is 0 Å². The van der Waals surface area contributed by atoms with Gasteiger partial charge in [-0.25, -0.2) is 4.98 Å². The summed E-state index contributed by atoms with van der Waals surface area (Å²) in [5, 5.41) is 1.96. The van der Waals surface area contributed by atoms with E-state index in [1.165, 1.54) is 0 Å². The Kier molecular flexibility index (Phi) is 2.60. The van der Waals surface area contributed by atoms with Gasteiger partial charge < -0.3 is 4.42 Å². The molecule has 0 bridgehead atoms. The molecule has 4 nitrogen and oxygen atoms in total. The van der Waals surface area contributed by atoms with Gasteiger partial charge >= 0.3 is 0 Å². The Morgan fingerprint density at radius 3 is 3.12 bits per heavy atom. The zero-order valence-corrected chi connectivity index (χ0v) is 11.0. The molecule has 0 saturated carbocycles. The number of hydrogen-bond acceptors (Lipinski definition) is 4. The average molecular weight is 311 g/mol. The normalized spacial score (nSPS) is 11.1. The van der Waals surface area contributed by atoms with E-state index in [1.54, 1.807) is 23.5 Å². The van der Waals surface area contributed by atoms with Gasteiger partial charge in [-0.2, -0.15) is 0 Å². The third kappa shape index (κ3) is 2.05. The molecule has 0 radical (unpaired) electrons. The average Bonchev–Trinajstić information content (AvgIpc) is 2.92. The summed E-state index contributed by atoms with van der Waals surface area (Å²) in [5.41, 5.74) is 0.759. The Hall–Kier alpha value is -1.40. The lowest BCUT2D eigenvalue weighted by Crippen LogP contribution is -2.02. The van der Waals surface area contributed by atoms with Crippen LogP contribution in [-0.2, 0) is 6.42 Å². The number of thiazole rings is 1. The van der Waals surface area contributed by atoms with Crippen molar-refractivity contribution >= 4 is 38.0 Å². The highest BCUT2D eigenvalue weighted by molar-refractivity contribution is 9.10. The highest BCUT2D eigenvalue weighted by Gasteiger charge is 2.13. The zero-order valence-electron chi connectivity index (χ0n) is 8.59. The van der Waals surface area contributed by atoms with E-state index in [0.717, 1.165) is 10.7 Å². The van der Waals surface area contributed by atoms with Crippen LogP contribution in [0.5, 0.6) is 0 Å².